The van der Waals surface area contributed by atoms with E-state index in [0.717, 1.165) is 0 Å². The van der Waals surface area contributed by atoms with Crippen molar-refractivity contribution in [2.75, 3.05) is 5.48 Å². The molecular formula is C6H4Cl3NO. The smallest absolute Gasteiger partial charge is 0.0780 e. The van der Waals surface area contributed by atoms with Crippen molar-refractivity contribution in [1.29, 1.82) is 0 Å². The van der Waals surface area contributed by atoms with Crippen molar-refractivity contribution in [2.24, 2.45) is 0 Å². The van der Waals surface area contributed by atoms with Crippen LogP contribution in [-0.4, -0.2) is 5.21 Å². The lowest BCUT2D eigenvalue weighted by Crippen LogP contribution is -1.88. The van der Waals surface area contributed by atoms with Crippen LogP contribution in [0.4, 0.5) is 5.69 Å². The molecule has 2 nitrogen and oxygen atoms in total. The van der Waals surface area contributed by atoms with Crippen LogP contribution in [-0.2, 0) is 0 Å². The first kappa shape index (κ1) is 8.94. The number of anilines is 1. The number of nitrogens with one attached hydrogen (secondary N) is 1. The van der Waals surface area contributed by atoms with Crippen molar-refractivity contribution in [3.05, 3.63) is 27.2 Å². The number of rotatable bonds is 1. The molecule has 0 aliphatic heterocycles. The Labute approximate surface area is 78.6 Å². The summed E-state index contributed by atoms with van der Waals surface area (Å²) >= 11 is 16.9. The Morgan fingerprint density at radius 1 is 1.09 bits per heavy atom. The summed E-state index contributed by atoms with van der Waals surface area (Å²) in [5.74, 6) is 0. The summed E-state index contributed by atoms with van der Waals surface area (Å²) in [6.07, 6.45) is 0. The van der Waals surface area contributed by atoms with Crippen molar-refractivity contribution < 1.29 is 5.21 Å². The monoisotopic (exact) mass is 211 g/mol. The van der Waals surface area contributed by atoms with E-state index >= 15 is 0 Å². The van der Waals surface area contributed by atoms with Crippen molar-refractivity contribution in [3.63, 3.8) is 0 Å². The van der Waals surface area contributed by atoms with Crippen LogP contribution in [0.2, 0.25) is 15.1 Å². The molecule has 11 heavy (non-hydrogen) atoms. The molecule has 0 aliphatic carbocycles. The van der Waals surface area contributed by atoms with E-state index in [4.69, 9.17) is 40.0 Å². The van der Waals surface area contributed by atoms with Gasteiger partial charge < -0.3 is 0 Å². The van der Waals surface area contributed by atoms with E-state index < -0.39 is 0 Å². The minimum atomic E-state index is 0.285. The molecule has 0 saturated heterocycles. The minimum Gasteiger partial charge on any atom is -0.291 e. The molecule has 1 aromatic carbocycles. The fourth-order valence-corrected chi connectivity index (χ4v) is 1.22. The summed E-state index contributed by atoms with van der Waals surface area (Å²) in [5.41, 5.74) is 2.32. The molecule has 0 saturated carbocycles. The zero-order valence-electron chi connectivity index (χ0n) is 5.24. The van der Waals surface area contributed by atoms with E-state index in [1.54, 1.807) is 0 Å². The average Bonchev–Trinajstić information content (AvgIpc) is 1.99. The third-order valence-electron chi connectivity index (χ3n) is 1.11. The average molecular weight is 212 g/mol. The van der Waals surface area contributed by atoms with Gasteiger partial charge >= 0.3 is 0 Å². The topological polar surface area (TPSA) is 32.3 Å². The maximum Gasteiger partial charge on any atom is 0.0780 e. The van der Waals surface area contributed by atoms with Gasteiger partial charge in [-0.1, -0.05) is 34.8 Å². The molecule has 1 rings (SSSR count). The molecule has 0 amide bonds. The van der Waals surface area contributed by atoms with Crippen molar-refractivity contribution in [1.82, 2.24) is 0 Å². The highest BCUT2D eigenvalue weighted by molar-refractivity contribution is 6.48. The summed E-state index contributed by atoms with van der Waals surface area (Å²) in [4.78, 5) is 0. The van der Waals surface area contributed by atoms with Crippen LogP contribution < -0.4 is 5.48 Å². The van der Waals surface area contributed by atoms with Crippen LogP contribution in [0, 0.1) is 0 Å². The maximum absolute atomic E-state index is 8.47. The molecule has 60 valence electrons. The van der Waals surface area contributed by atoms with Gasteiger partial charge in [0.2, 0.25) is 0 Å². The number of hydrogen-bond acceptors (Lipinski definition) is 2. The fraction of sp³-hybridized carbons (Fsp3) is 0. The van der Waals surface area contributed by atoms with E-state index in [1.807, 2.05) is 5.48 Å². The molecule has 0 atom stereocenters. The number of hydrogen-bond donors (Lipinski definition) is 2. The van der Waals surface area contributed by atoms with Crippen LogP contribution >= 0.6 is 34.8 Å². The molecule has 5 heteroatoms. The van der Waals surface area contributed by atoms with Gasteiger partial charge in [0.25, 0.3) is 0 Å². The van der Waals surface area contributed by atoms with Crippen LogP contribution in [0.3, 0.4) is 0 Å². The van der Waals surface area contributed by atoms with Crippen LogP contribution in [0.1, 0.15) is 0 Å². The summed E-state index contributed by atoms with van der Waals surface area (Å²) in [5, 5.41) is 9.35. The highest BCUT2D eigenvalue weighted by Crippen LogP contribution is 2.32. The summed E-state index contributed by atoms with van der Waals surface area (Å²) in [6, 6.07) is 2.94. The van der Waals surface area contributed by atoms with E-state index in [1.165, 1.54) is 12.1 Å². The van der Waals surface area contributed by atoms with Gasteiger partial charge in [-0.05, 0) is 12.1 Å². The standard InChI is InChI=1S/C6H4Cl3NO/c7-4-1-3(10-11)2-5(8)6(4)9/h1-2,10-11H. The van der Waals surface area contributed by atoms with E-state index in [2.05, 4.69) is 0 Å². The van der Waals surface area contributed by atoms with Gasteiger partial charge in [0.15, 0.2) is 0 Å². The predicted molar refractivity (Wildman–Crippen MR) is 46.9 cm³/mol. The fourth-order valence-electron chi connectivity index (χ4n) is 0.620. The largest absolute Gasteiger partial charge is 0.291 e. The Kier molecular flexibility index (Phi) is 2.84. The molecule has 0 spiro atoms. The maximum atomic E-state index is 8.47. The quantitative estimate of drug-likeness (QED) is 0.552. The molecule has 0 bridgehead atoms. The molecule has 0 heterocycles. The van der Waals surface area contributed by atoms with Gasteiger partial charge in [-0.2, -0.15) is 0 Å². The first-order chi connectivity index (χ1) is 5.15. The lowest BCUT2D eigenvalue weighted by molar-refractivity contribution is 0.389. The Morgan fingerprint density at radius 3 is 1.91 bits per heavy atom. The SMILES string of the molecule is ONc1cc(Cl)c(Cl)c(Cl)c1. The highest BCUT2D eigenvalue weighted by Gasteiger charge is 2.04. The first-order valence-corrected chi connectivity index (χ1v) is 3.83. The third-order valence-corrected chi connectivity index (χ3v) is 2.31. The Balaban J connectivity index is 3.21. The molecule has 0 aromatic heterocycles. The molecule has 0 radical (unpaired) electrons. The van der Waals surface area contributed by atoms with Crippen LogP contribution in [0.5, 0.6) is 0 Å². The van der Waals surface area contributed by atoms with E-state index in [9.17, 15) is 0 Å². The summed E-state index contributed by atoms with van der Waals surface area (Å²) < 4.78 is 0. The second kappa shape index (κ2) is 3.50. The van der Waals surface area contributed by atoms with Gasteiger partial charge in [-0.25, -0.2) is 0 Å². The Bertz CT molecular complexity index is 254. The van der Waals surface area contributed by atoms with Crippen LogP contribution in [0.25, 0.3) is 0 Å². The van der Waals surface area contributed by atoms with Gasteiger partial charge in [0, 0.05) is 0 Å². The lowest BCUT2D eigenvalue weighted by atomic mass is 10.3. The number of benzene rings is 1. The molecule has 0 unspecified atom stereocenters. The van der Waals surface area contributed by atoms with Gasteiger partial charge in [0.1, 0.15) is 0 Å². The van der Waals surface area contributed by atoms with Crippen molar-refractivity contribution >= 4 is 40.5 Å². The first-order valence-electron chi connectivity index (χ1n) is 2.70. The van der Waals surface area contributed by atoms with Crippen molar-refractivity contribution in [2.45, 2.75) is 0 Å². The summed E-state index contributed by atoms with van der Waals surface area (Å²) in [7, 11) is 0. The normalized spacial score (nSPS) is 9.82. The van der Waals surface area contributed by atoms with Crippen molar-refractivity contribution in [3.8, 4) is 0 Å². The predicted octanol–water partition coefficient (Wildman–Crippen LogP) is 3.45. The zero-order valence-corrected chi connectivity index (χ0v) is 7.50. The number of halogens is 3. The van der Waals surface area contributed by atoms with Gasteiger partial charge in [-0.3, -0.25) is 10.7 Å². The Hall–Kier alpha value is -0.150. The minimum absolute atomic E-state index is 0.285. The second-order valence-corrected chi connectivity index (χ2v) is 3.06. The summed E-state index contributed by atoms with van der Waals surface area (Å²) in [6.45, 7) is 0. The van der Waals surface area contributed by atoms with E-state index in [0.29, 0.717) is 15.7 Å². The Morgan fingerprint density at radius 2 is 1.55 bits per heavy atom. The highest BCUT2D eigenvalue weighted by atomic mass is 35.5. The molecular weight excluding hydrogens is 208 g/mol. The van der Waals surface area contributed by atoms with Crippen LogP contribution in [0.15, 0.2) is 12.1 Å². The van der Waals surface area contributed by atoms with Gasteiger partial charge in [0.05, 0.1) is 20.8 Å². The molecule has 0 aliphatic rings. The molecule has 0 fully saturated rings. The third kappa shape index (κ3) is 1.91. The lowest BCUT2D eigenvalue weighted by Gasteiger charge is -2.02. The molecule has 2 N–H and O–H groups in total. The second-order valence-electron chi connectivity index (χ2n) is 1.87. The molecule has 1 aromatic rings. The van der Waals surface area contributed by atoms with Gasteiger partial charge in [-0.15, -0.1) is 0 Å². The zero-order chi connectivity index (χ0) is 8.43. The van der Waals surface area contributed by atoms with E-state index in [-0.39, 0.29) is 5.02 Å².